The summed E-state index contributed by atoms with van der Waals surface area (Å²) in [7, 11) is 7.59. The first-order chi connectivity index (χ1) is 18.4. The monoisotopic (exact) mass is 518 g/mol. The van der Waals surface area contributed by atoms with Gasteiger partial charge in [-0.15, -0.1) is 0 Å². The zero-order valence-electron chi connectivity index (χ0n) is 23.6. The molecule has 0 radical (unpaired) electrons. The van der Waals surface area contributed by atoms with E-state index < -0.39 is 0 Å². The fraction of sp³-hybridized carbons (Fsp3) is 0.452. The standard InChI is InChI=1S/C31H42N4O3/c1-24-28(29-23-27(38-5)11-13-30(29)35(24)17-6-16-32(2)3)12-14-31(36)34-21-19-33(20-22-34)18-15-25-7-9-26(37-4)10-8-25/h7-14,23H,6,15-22H2,1-5H3/b14-12+. The van der Waals surface area contributed by atoms with Crippen molar-refractivity contribution in [2.45, 2.75) is 26.3 Å². The third-order valence-electron chi connectivity index (χ3n) is 7.52. The van der Waals surface area contributed by atoms with Gasteiger partial charge in [-0.3, -0.25) is 9.69 Å². The highest BCUT2D eigenvalue weighted by atomic mass is 16.5. The highest BCUT2D eigenvalue weighted by Crippen LogP contribution is 2.31. The minimum Gasteiger partial charge on any atom is -0.497 e. The van der Waals surface area contributed by atoms with Crippen LogP contribution in [-0.4, -0.2) is 92.8 Å². The van der Waals surface area contributed by atoms with Crippen molar-refractivity contribution in [2.75, 3.05) is 67.6 Å². The summed E-state index contributed by atoms with van der Waals surface area (Å²) in [5.41, 5.74) is 4.76. The Bertz CT molecular complexity index is 1240. The largest absolute Gasteiger partial charge is 0.497 e. The molecular weight excluding hydrogens is 476 g/mol. The number of methoxy groups -OCH3 is 2. The van der Waals surface area contributed by atoms with Crippen LogP contribution in [-0.2, 0) is 17.8 Å². The third kappa shape index (κ3) is 6.77. The predicted molar refractivity (Wildman–Crippen MR) is 155 cm³/mol. The summed E-state index contributed by atoms with van der Waals surface area (Å²) in [6, 6.07) is 14.5. The molecule has 1 fully saturated rings. The van der Waals surface area contributed by atoms with Crippen molar-refractivity contribution >= 4 is 22.9 Å². The lowest BCUT2D eigenvalue weighted by atomic mass is 10.1. The number of fused-ring (bicyclic) bond motifs is 1. The second-order valence-corrected chi connectivity index (χ2v) is 10.3. The number of piperazine rings is 1. The highest BCUT2D eigenvalue weighted by Gasteiger charge is 2.20. The first kappa shape index (κ1) is 27.7. The summed E-state index contributed by atoms with van der Waals surface area (Å²) >= 11 is 0. The van der Waals surface area contributed by atoms with Gasteiger partial charge in [-0.05, 0) is 82.4 Å². The summed E-state index contributed by atoms with van der Waals surface area (Å²) < 4.78 is 13.1. The molecule has 0 bridgehead atoms. The number of carbonyl (C=O) groups is 1. The second-order valence-electron chi connectivity index (χ2n) is 10.3. The quantitative estimate of drug-likeness (QED) is 0.354. The molecular formula is C31H42N4O3. The average Bonchev–Trinajstić information content (AvgIpc) is 3.20. The number of benzene rings is 2. The lowest BCUT2D eigenvalue weighted by molar-refractivity contribution is -0.127. The van der Waals surface area contributed by atoms with Crippen LogP contribution in [0.4, 0.5) is 0 Å². The number of nitrogens with zero attached hydrogens (tertiary/aromatic N) is 4. The maximum absolute atomic E-state index is 13.1. The van der Waals surface area contributed by atoms with E-state index in [1.54, 1.807) is 20.3 Å². The minimum absolute atomic E-state index is 0.0793. The Morgan fingerprint density at radius 2 is 1.63 bits per heavy atom. The van der Waals surface area contributed by atoms with Crippen LogP contribution in [0.2, 0.25) is 0 Å². The van der Waals surface area contributed by atoms with Crippen molar-refractivity contribution < 1.29 is 14.3 Å². The van der Waals surface area contributed by atoms with Gasteiger partial charge in [-0.2, -0.15) is 0 Å². The summed E-state index contributed by atoms with van der Waals surface area (Å²) in [6.45, 7) is 8.43. The van der Waals surface area contributed by atoms with Gasteiger partial charge in [0.2, 0.25) is 5.91 Å². The van der Waals surface area contributed by atoms with E-state index in [0.717, 1.165) is 81.1 Å². The van der Waals surface area contributed by atoms with Crippen LogP contribution >= 0.6 is 0 Å². The summed E-state index contributed by atoms with van der Waals surface area (Å²) in [6.07, 6.45) is 5.81. The van der Waals surface area contributed by atoms with E-state index in [0.29, 0.717) is 0 Å². The summed E-state index contributed by atoms with van der Waals surface area (Å²) in [5.74, 6) is 1.79. The number of hydrogen-bond acceptors (Lipinski definition) is 5. The third-order valence-corrected chi connectivity index (χ3v) is 7.52. The number of carbonyl (C=O) groups excluding carboxylic acids is 1. The Hall–Kier alpha value is -3.29. The van der Waals surface area contributed by atoms with Crippen LogP contribution in [0.1, 0.15) is 23.2 Å². The van der Waals surface area contributed by atoms with Crippen molar-refractivity contribution in [3.8, 4) is 11.5 Å². The van der Waals surface area contributed by atoms with Crippen molar-refractivity contribution in [2.24, 2.45) is 0 Å². The van der Waals surface area contributed by atoms with Crippen LogP contribution in [0.3, 0.4) is 0 Å². The van der Waals surface area contributed by atoms with Gasteiger partial charge >= 0.3 is 0 Å². The number of amides is 1. The summed E-state index contributed by atoms with van der Waals surface area (Å²) in [4.78, 5) is 19.7. The lowest BCUT2D eigenvalue weighted by Crippen LogP contribution is -2.48. The molecule has 1 amide bonds. The second kappa shape index (κ2) is 13.0. The topological polar surface area (TPSA) is 50.2 Å². The molecule has 0 unspecified atom stereocenters. The van der Waals surface area contributed by atoms with E-state index in [-0.39, 0.29) is 5.91 Å². The normalized spacial score (nSPS) is 14.6. The number of hydrogen-bond donors (Lipinski definition) is 0. The van der Waals surface area contributed by atoms with Gasteiger partial charge in [0.1, 0.15) is 11.5 Å². The van der Waals surface area contributed by atoms with E-state index in [9.17, 15) is 4.79 Å². The van der Waals surface area contributed by atoms with Gasteiger partial charge in [0.15, 0.2) is 0 Å². The predicted octanol–water partition coefficient (Wildman–Crippen LogP) is 4.32. The van der Waals surface area contributed by atoms with Crippen molar-refractivity contribution in [3.63, 3.8) is 0 Å². The molecule has 2 heterocycles. The van der Waals surface area contributed by atoms with Crippen LogP contribution in [0.25, 0.3) is 17.0 Å². The number of ether oxygens (including phenoxy) is 2. The van der Waals surface area contributed by atoms with Crippen molar-refractivity contribution in [1.82, 2.24) is 19.3 Å². The molecule has 1 saturated heterocycles. The van der Waals surface area contributed by atoms with E-state index in [1.165, 1.54) is 16.8 Å². The molecule has 204 valence electrons. The number of rotatable bonds is 11. The van der Waals surface area contributed by atoms with E-state index in [1.807, 2.05) is 29.2 Å². The molecule has 1 aromatic heterocycles. The van der Waals surface area contributed by atoms with Gasteiger partial charge in [-0.1, -0.05) is 12.1 Å². The molecule has 7 nitrogen and oxygen atoms in total. The zero-order valence-corrected chi connectivity index (χ0v) is 23.6. The maximum atomic E-state index is 13.1. The van der Waals surface area contributed by atoms with Crippen molar-refractivity contribution in [3.05, 3.63) is 65.4 Å². The molecule has 2 aromatic carbocycles. The lowest BCUT2D eigenvalue weighted by Gasteiger charge is -2.34. The van der Waals surface area contributed by atoms with Crippen molar-refractivity contribution in [1.29, 1.82) is 0 Å². The Labute approximate surface area is 227 Å². The van der Waals surface area contributed by atoms with Gasteiger partial charge in [0, 0.05) is 67.5 Å². The Kier molecular flexibility index (Phi) is 9.48. The molecule has 0 N–H and O–H groups in total. The van der Waals surface area contributed by atoms with Crippen LogP contribution < -0.4 is 9.47 Å². The first-order valence-electron chi connectivity index (χ1n) is 13.5. The van der Waals surface area contributed by atoms with Gasteiger partial charge in [0.05, 0.1) is 14.2 Å². The highest BCUT2D eigenvalue weighted by molar-refractivity contribution is 5.98. The van der Waals surface area contributed by atoms with Crippen LogP contribution in [0.15, 0.2) is 48.5 Å². The Morgan fingerprint density at radius 3 is 2.29 bits per heavy atom. The molecule has 7 heteroatoms. The molecule has 1 aliphatic heterocycles. The molecule has 3 aromatic rings. The number of aromatic nitrogens is 1. The molecule has 0 atom stereocenters. The van der Waals surface area contributed by atoms with E-state index in [2.05, 4.69) is 59.7 Å². The fourth-order valence-corrected chi connectivity index (χ4v) is 5.19. The average molecular weight is 519 g/mol. The fourth-order valence-electron chi connectivity index (χ4n) is 5.19. The Balaban J connectivity index is 1.38. The van der Waals surface area contributed by atoms with Gasteiger partial charge in [-0.25, -0.2) is 0 Å². The molecule has 1 aliphatic rings. The molecule has 0 aliphatic carbocycles. The number of aryl methyl sites for hydroxylation is 1. The van der Waals surface area contributed by atoms with Crippen LogP contribution in [0, 0.1) is 6.92 Å². The molecule has 0 saturated carbocycles. The summed E-state index contributed by atoms with van der Waals surface area (Å²) in [5, 5.41) is 1.12. The van der Waals surface area contributed by atoms with Gasteiger partial charge < -0.3 is 23.8 Å². The first-order valence-corrected chi connectivity index (χ1v) is 13.5. The molecule has 0 spiro atoms. The van der Waals surface area contributed by atoms with Crippen LogP contribution in [0.5, 0.6) is 11.5 Å². The van der Waals surface area contributed by atoms with E-state index >= 15 is 0 Å². The SMILES string of the molecule is COc1ccc(CCN2CCN(C(=O)/C=C/c3c(C)n(CCCN(C)C)c4ccc(OC)cc34)CC2)cc1. The van der Waals surface area contributed by atoms with E-state index in [4.69, 9.17) is 9.47 Å². The minimum atomic E-state index is 0.0793. The zero-order chi connectivity index (χ0) is 27.1. The molecule has 4 rings (SSSR count). The molecule has 38 heavy (non-hydrogen) atoms. The maximum Gasteiger partial charge on any atom is 0.246 e. The Morgan fingerprint density at radius 1 is 0.947 bits per heavy atom. The van der Waals surface area contributed by atoms with Gasteiger partial charge in [0.25, 0.3) is 0 Å². The smallest absolute Gasteiger partial charge is 0.246 e.